The van der Waals surface area contributed by atoms with Gasteiger partial charge in [-0.15, -0.1) is 0 Å². The molecule has 0 aliphatic carbocycles. The minimum atomic E-state index is -0.997. The second-order valence-electron chi connectivity index (χ2n) is 6.86. The maximum Gasteiger partial charge on any atom is 0.0941 e. The van der Waals surface area contributed by atoms with Crippen LogP contribution in [0.1, 0.15) is 34.1 Å². The summed E-state index contributed by atoms with van der Waals surface area (Å²) in [5.74, 6) is 0. The van der Waals surface area contributed by atoms with Gasteiger partial charge in [-0.25, -0.2) is 0 Å². The largest absolute Gasteiger partial charge is 0.320 e. The number of likely N-dealkylation sites (tertiary alicyclic amines) is 1. The van der Waals surface area contributed by atoms with E-state index in [9.17, 15) is 0 Å². The summed E-state index contributed by atoms with van der Waals surface area (Å²) >= 11 is 0. The van der Waals surface area contributed by atoms with Crippen LogP contribution in [0.4, 0.5) is 0 Å². The molecule has 1 rings (SSSR count). The molecule has 0 spiro atoms. The molecule has 0 radical (unpaired) electrons. The summed E-state index contributed by atoms with van der Waals surface area (Å²) in [5, 5.41) is 0. The van der Waals surface area contributed by atoms with Gasteiger partial charge in [-0.3, -0.25) is 0 Å². The van der Waals surface area contributed by atoms with E-state index in [2.05, 4.69) is 47.3 Å². The van der Waals surface area contributed by atoms with Crippen molar-refractivity contribution in [3.63, 3.8) is 0 Å². The molecule has 1 heterocycles. The van der Waals surface area contributed by atoms with Crippen LogP contribution in [0.2, 0.25) is 25.2 Å². The molecule has 0 bridgehead atoms. The molecule has 1 atom stereocenters. The van der Waals surface area contributed by atoms with E-state index in [0.29, 0.717) is 5.54 Å². The molecule has 0 aromatic heterocycles. The van der Waals surface area contributed by atoms with Crippen molar-refractivity contribution in [2.45, 2.75) is 64.8 Å². The number of hydrogen-bond acceptors (Lipinski definition) is 0. The standard InChI is InChI=1S/C13H30NSi/c1-8-14(9-2)11-10-12(13(14,3)4)15(5,6)7/h12H,8-11H2,1-7H3/q+1/t12-/m0/s1. The lowest BCUT2D eigenvalue weighted by Gasteiger charge is -2.48. The van der Waals surface area contributed by atoms with Gasteiger partial charge in [-0.2, -0.15) is 0 Å². The zero-order valence-electron chi connectivity index (χ0n) is 11.9. The van der Waals surface area contributed by atoms with Crippen molar-refractivity contribution in [2.24, 2.45) is 0 Å². The minimum Gasteiger partial charge on any atom is -0.320 e. The first kappa shape index (κ1) is 13.2. The molecule has 1 aliphatic rings. The lowest BCUT2D eigenvalue weighted by atomic mass is 9.98. The second kappa shape index (κ2) is 3.88. The quantitative estimate of drug-likeness (QED) is 0.510. The number of rotatable bonds is 3. The Balaban J connectivity index is 3.03. The Morgan fingerprint density at radius 2 is 1.60 bits per heavy atom. The first-order valence-corrected chi connectivity index (χ1v) is 10.1. The van der Waals surface area contributed by atoms with Crippen LogP contribution in [-0.2, 0) is 0 Å². The lowest BCUT2D eigenvalue weighted by Crippen LogP contribution is -2.60. The smallest absolute Gasteiger partial charge is 0.0941 e. The molecular formula is C13H30NSi+. The van der Waals surface area contributed by atoms with Gasteiger partial charge in [-0.1, -0.05) is 19.6 Å². The van der Waals surface area contributed by atoms with E-state index in [1.807, 2.05) is 0 Å². The topological polar surface area (TPSA) is 0 Å². The highest BCUT2D eigenvalue weighted by Gasteiger charge is 2.56. The molecule has 0 saturated carbocycles. The Morgan fingerprint density at radius 1 is 1.13 bits per heavy atom. The van der Waals surface area contributed by atoms with Crippen LogP contribution in [0.15, 0.2) is 0 Å². The molecule has 1 fully saturated rings. The van der Waals surface area contributed by atoms with Crippen molar-refractivity contribution in [3.05, 3.63) is 0 Å². The molecule has 1 nitrogen and oxygen atoms in total. The van der Waals surface area contributed by atoms with Crippen molar-refractivity contribution in [1.82, 2.24) is 0 Å². The molecule has 0 amide bonds. The van der Waals surface area contributed by atoms with Crippen LogP contribution in [0, 0.1) is 0 Å². The molecule has 2 heteroatoms. The van der Waals surface area contributed by atoms with Gasteiger partial charge in [0.2, 0.25) is 0 Å². The van der Waals surface area contributed by atoms with E-state index in [4.69, 9.17) is 0 Å². The van der Waals surface area contributed by atoms with Crippen LogP contribution < -0.4 is 0 Å². The fraction of sp³-hybridized carbons (Fsp3) is 1.00. The Labute approximate surface area is 97.5 Å². The van der Waals surface area contributed by atoms with Crippen molar-refractivity contribution in [2.75, 3.05) is 19.6 Å². The highest BCUT2D eigenvalue weighted by atomic mass is 28.3. The van der Waals surface area contributed by atoms with Gasteiger partial charge in [0.25, 0.3) is 0 Å². The van der Waals surface area contributed by atoms with Gasteiger partial charge < -0.3 is 4.48 Å². The highest BCUT2D eigenvalue weighted by molar-refractivity contribution is 6.77. The number of nitrogens with zero attached hydrogens (tertiary/aromatic N) is 1. The van der Waals surface area contributed by atoms with Gasteiger partial charge in [0.1, 0.15) is 0 Å². The predicted octanol–water partition coefficient (Wildman–Crippen LogP) is 3.73. The van der Waals surface area contributed by atoms with Crippen LogP contribution in [0.25, 0.3) is 0 Å². The molecule has 1 saturated heterocycles. The number of hydrogen-bond donors (Lipinski definition) is 0. The molecule has 0 unspecified atom stereocenters. The van der Waals surface area contributed by atoms with Crippen molar-refractivity contribution in [1.29, 1.82) is 0 Å². The molecule has 0 aromatic rings. The van der Waals surface area contributed by atoms with Gasteiger partial charge in [0, 0.05) is 12.0 Å². The molecule has 1 aliphatic heterocycles. The molecule has 0 N–H and O–H groups in total. The first-order valence-electron chi connectivity index (χ1n) is 6.57. The van der Waals surface area contributed by atoms with E-state index in [0.717, 1.165) is 5.54 Å². The van der Waals surface area contributed by atoms with Gasteiger partial charge in [-0.05, 0) is 27.7 Å². The summed E-state index contributed by atoms with van der Waals surface area (Å²) < 4.78 is 1.35. The van der Waals surface area contributed by atoms with E-state index in [-0.39, 0.29) is 0 Å². The van der Waals surface area contributed by atoms with Crippen LogP contribution >= 0.6 is 0 Å². The summed E-state index contributed by atoms with van der Waals surface area (Å²) in [5.41, 5.74) is 1.50. The Kier molecular flexibility index (Phi) is 3.43. The fourth-order valence-electron chi connectivity index (χ4n) is 4.20. The van der Waals surface area contributed by atoms with Crippen molar-refractivity contribution < 1.29 is 4.48 Å². The average molecular weight is 228 g/mol. The third-order valence-corrected chi connectivity index (χ3v) is 8.26. The third-order valence-electron chi connectivity index (χ3n) is 5.18. The van der Waals surface area contributed by atoms with Gasteiger partial charge >= 0.3 is 0 Å². The predicted molar refractivity (Wildman–Crippen MR) is 72.0 cm³/mol. The second-order valence-corrected chi connectivity index (χ2v) is 12.3. The number of quaternary nitrogens is 1. The van der Waals surface area contributed by atoms with E-state index in [1.165, 1.54) is 30.5 Å². The van der Waals surface area contributed by atoms with Crippen LogP contribution in [-0.4, -0.2) is 37.7 Å². The zero-order chi connectivity index (χ0) is 11.9. The third kappa shape index (κ3) is 1.91. The lowest BCUT2D eigenvalue weighted by molar-refractivity contribution is -0.957. The molecular weight excluding hydrogens is 198 g/mol. The summed E-state index contributed by atoms with van der Waals surface area (Å²) in [6.07, 6.45) is 1.46. The normalized spacial score (nSPS) is 29.4. The average Bonchev–Trinajstić information content (AvgIpc) is 2.36. The Bertz CT molecular complexity index is 223. The zero-order valence-corrected chi connectivity index (χ0v) is 12.9. The van der Waals surface area contributed by atoms with Crippen molar-refractivity contribution in [3.8, 4) is 0 Å². The highest BCUT2D eigenvalue weighted by Crippen LogP contribution is 2.49. The van der Waals surface area contributed by atoms with E-state index in [1.54, 1.807) is 0 Å². The summed E-state index contributed by atoms with van der Waals surface area (Å²) in [6.45, 7) is 21.5. The monoisotopic (exact) mass is 228 g/mol. The Hall–Kier alpha value is 0.177. The van der Waals surface area contributed by atoms with Crippen LogP contribution in [0.5, 0.6) is 0 Å². The van der Waals surface area contributed by atoms with Crippen molar-refractivity contribution >= 4 is 8.07 Å². The van der Waals surface area contributed by atoms with Crippen LogP contribution in [0.3, 0.4) is 0 Å². The molecule has 90 valence electrons. The van der Waals surface area contributed by atoms with E-state index < -0.39 is 8.07 Å². The molecule has 15 heavy (non-hydrogen) atoms. The fourth-order valence-corrected chi connectivity index (χ4v) is 7.58. The Morgan fingerprint density at radius 3 is 1.80 bits per heavy atom. The summed E-state index contributed by atoms with van der Waals surface area (Å²) in [4.78, 5) is 0. The van der Waals surface area contributed by atoms with E-state index >= 15 is 0 Å². The summed E-state index contributed by atoms with van der Waals surface area (Å²) in [7, 11) is -0.997. The summed E-state index contributed by atoms with van der Waals surface area (Å²) in [6, 6.07) is 0. The minimum absolute atomic E-state index is 0.508. The first-order chi connectivity index (χ1) is 6.71. The SMILES string of the molecule is CC[N+]1(CC)CC[C@H]([Si](C)(C)C)C1(C)C. The molecule has 0 aromatic carbocycles. The maximum atomic E-state index is 2.55. The van der Waals surface area contributed by atoms with Gasteiger partial charge in [0.05, 0.1) is 33.2 Å². The maximum absolute atomic E-state index is 2.55. The van der Waals surface area contributed by atoms with Gasteiger partial charge in [0.15, 0.2) is 0 Å².